The van der Waals surface area contributed by atoms with Crippen LogP contribution in [0.4, 0.5) is 26.4 Å². The molecule has 190 valence electrons. The fourth-order valence-electron chi connectivity index (χ4n) is 3.58. The SMILES string of the molecule is Cc1ccc(C(=O)c2nn(-c3ccc(Cl)cc3)c(NCCCNC(=O)Nc3ccc(F)cc3)c2N)cc1. The van der Waals surface area contributed by atoms with Crippen LogP contribution in [-0.2, 0) is 0 Å². The van der Waals surface area contributed by atoms with Crippen molar-refractivity contribution in [2.75, 3.05) is 29.5 Å². The quantitative estimate of drug-likeness (QED) is 0.174. The molecule has 0 atom stereocenters. The molecule has 0 radical (unpaired) electrons. The maximum atomic E-state index is 13.2. The Hall–Kier alpha value is -4.37. The van der Waals surface area contributed by atoms with Gasteiger partial charge < -0.3 is 21.7 Å². The van der Waals surface area contributed by atoms with Crippen LogP contribution in [0.15, 0.2) is 72.8 Å². The van der Waals surface area contributed by atoms with E-state index < -0.39 is 6.03 Å². The molecule has 0 fully saturated rings. The summed E-state index contributed by atoms with van der Waals surface area (Å²) in [4.78, 5) is 25.2. The van der Waals surface area contributed by atoms with Crippen LogP contribution in [0.5, 0.6) is 0 Å². The molecule has 4 aromatic rings. The maximum Gasteiger partial charge on any atom is 0.319 e. The van der Waals surface area contributed by atoms with E-state index in [0.29, 0.717) is 47.3 Å². The van der Waals surface area contributed by atoms with Crippen molar-refractivity contribution in [2.24, 2.45) is 0 Å². The first-order valence-corrected chi connectivity index (χ1v) is 12.0. The van der Waals surface area contributed by atoms with E-state index in [1.54, 1.807) is 41.1 Å². The third kappa shape index (κ3) is 6.45. The van der Waals surface area contributed by atoms with E-state index in [0.717, 1.165) is 5.56 Å². The van der Waals surface area contributed by atoms with Crippen molar-refractivity contribution >= 4 is 40.6 Å². The van der Waals surface area contributed by atoms with Crippen LogP contribution < -0.4 is 21.7 Å². The first kappa shape index (κ1) is 25.7. The third-order valence-electron chi connectivity index (χ3n) is 5.56. The van der Waals surface area contributed by atoms with Gasteiger partial charge in [-0.15, -0.1) is 0 Å². The van der Waals surface area contributed by atoms with E-state index >= 15 is 0 Å². The van der Waals surface area contributed by atoms with Gasteiger partial charge in [0.1, 0.15) is 11.5 Å². The molecule has 2 amide bonds. The number of aromatic nitrogens is 2. The Kier molecular flexibility index (Phi) is 8.05. The number of urea groups is 1. The number of benzene rings is 3. The number of anilines is 3. The Morgan fingerprint density at radius 1 is 0.973 bits per heavy atom. The lowest BCUT2D eigenvalue weighted by molar-refractivity contribution is 0.103. The number of carbonyl (C=O) groups is 2. The number of carbonyl (C=O) groups excluding carboxylic acids is 2. The zero-order chi connectivity index (χ0) is 26.4. The Bertz CT molecular complexity index is 1390. The predicted molar refractivity (Wildman–Crippen MR) is 144 cm³/mol. The van der Waals surface area contributed by atoms with Gasteiger partial charge in [-0.25, -0.2) is 13.9 Å². The second kappa shape index (κ2) is 11.6. The highest BCUT2D eigenvalue weighted by atomic mass is 35.5. The molecule has 5 N–H and O–H groups in total. The molecular formula is C27H26ClFN6O2. The highest BCUT2D eigenvalue weighted by Crippen LogP contribution is 2.29. The monoisotopic (exact) mass is 520 g/mol. The van der Waals surface area contributed by atoms with E-state index in [1.807, 2.05) is 19.1 Å². The van der Waals surface area contributed by atoms with Crippen molar-refractivity contribution in [1.82, 2.24) is 15.1 Å². The molecule has 1 aromatic heterocycles. The van der Waals surface area contributed by atoms with Crippen molar-refractivity contribution in [3.8, 4) is 5.69 Å². The van der Waals surface area contributed by atoms with Gasteiger partial charge >= 0.3 is 6.03 Å². The number of ketones is 1. The molecule has 1 heterocycles. The summed E-state index contributed by atoms with van der Waals surface area (Å²) in [6.07, 6.45) is 0.559. The van der Waals surface area contributed by atoms with Gasteiger partial charge in [0, 0.05) is 29.4 Å². The van der Waals surface area contributed by atoms with Gasteiger partial charge in [-0.1, -0.05) is 41.4 Å². The fraction of sp³-hybridized carbons (Fsp3) is 0.148. The molecule has 8 nitrogen and oxygen atoms in total. The number of amides is 2. The van der Waals surface area contributed by atoms with Gasteiger partial charge in [0.25, 0.3) is 0 Å². The zero-order valence-corrected chi connectivity index (χ0v) is 20.8. The molecule has 0 saturated heterocycles. The second-order valence-electron chi connectivity index (χ2n) is 8.36. The van der Waals surface area contributed by atoms with Crippen LogP contribution in [0.3, 0.4) is 0 Å². The van der Waals surface area contributed by atoms with Crippen LogP contribution in [0.2, 0.25) is 5.02 Å². The average molecular weight is 521 g/mol. The molecule has 0 bridgehead atoms. The molecule has 0 spiro atoms. The standard InChI is InChI=1S/C27H26ClFN6O2/c1-17-3-5-18(6-4-17)25(36)24-23(30)26(35(34-24)22-13-7-19(28)8-14-22)31-15-2-16-32-27(37)33-21-11-9-20(29)10-12-21/h3-14,31H,2,15-16,30H2,1H3,(H2,32,33,37). The first-order valence-electron chi connectivity index (χ1n) is 11.6. The number of nitrogens with one attached hydrogen (secondary N) is 3. The lowest BCUT2D eigenvalue weighted by Crippen LogP contribution is -2.30. The number of halogens is 2. The van der Waals surface area contributed by atoms with E-state index in [-0.39, 0.29) is 23.0 Å². The van der Waals surface area contributed by atoms with Crippen LogP contribution in [0.1, 0.15) is 28.0 Å². The van der Waals surface area contributed by atoms with Crippen molar-refractivity contribution in [2.45, 2.75) is 13.3 Å². The predicted octanol–water partition coefficient (Wildman–Crippen LogP) is 5.41. The minimum atomic E-state index is -0.400. The number of nitrogens with two attached hydrogens (primary N) is 1. The minimum Gasteiger partial charge on any atom is -0.394 e. The van der Waals surface area contributed by atoms with E-state index in [1.165, 1.54) is 24.3 Å². The molecule has 4 rings (SSSR count). The molecular weight excluding hydrogens is 495 g/mol. The maximum absolute atomic E-state index is 13.2. The van der Waals surface area contributed by atoms with E-state index in [2.05, 4.69) is 21.0 Å². The summed E-state index contributed by atoms with van der Waals surface area (Å²) in [6, 6.07) is 19.3. The van der Waals surface area contributed by atoms with Crippen LogP contribution in [0.25, 0.3) is 5.69 Å². The van der Waals surface area contributed by atoms with Gasteiger partial charge in [-0.2, -0.15) is 5.10 Å². The molecule has 10 heteroatoms. The summed E-state index contributed by atoms with van der Waals surface area (Å²) in [5.41, 5.74) is 9.46. The smallest absolute Gasteiger partial charge is 0.319 e. The average Bonchev–Trinajstić information content (AvgIpc) is 3.21. The highest BCUT2D eigenvalue weighted by molar-refractivity contribution is 6.30. The van der Waals surface area contributed by atoms with Crippen LogP contribution in [0, 0.1) is 12.7 Å². The summed E-state index contributed by atoms with van der Waals surface area (Å²) in [7, 11) is 0. The van der Waals surface area contributed by atoms with Gasteiger partial charge in [-0.3, -0.25) is 4.79 Å². The summed E-state index contributed by atoms with van der Waals surface area (Å²) in [5.74, 6) is -0.196. The number of rotatable bonds is 9. The number of nitrogens with zero attached hydrogens (tertiary/aromatic N) is 2. The van der Waals surface area contributed by atoms with Crippen LogP contribution >= 0.6 is 11.6 Å². The third-order valence-corrected chi connectivity index (χ3v) is 5.81. The molecule has 0 aliphatic rings. The molecule has 0 saturated carbocycles. The molecule has 0 aliphatic heterocycles. The normalized spacial score (nSPS) is 10.7. The fourth-order valence-corrected chi connectivity index (χ4v) is 3.71. The molecule has 0 aliphatic carbocycles. The molecule has 37 heavy (non-hydrogen) atoms. The summed E-state index contributed by atoms with van der Waals surface area (Å²) >= 11 is 6.04. The zero-order valence-electron chi connectivity index (χ0n) is 20.1. The molecule has 3 aromatic carbocycles. The molecule has 0 unspecified atom stereocenters. The second-order valence-corrected chi connectivity index (χ2v) is 8.80. The highest BCUT2D eigenvalue weighted by Gasteiger charge is 2.23. The van der Waals surface area contributed by atoms with Gasteiger partial charge in [0.15, 0.2) is 11.5 Å². The largest absolute Gasteiger partial charge is 0.394 e. The minimum absolute atomic E-state index is 0.137. The van der Waals surface area contributed by atoms with Crippen molar-refractivity contribution in [1.29, 1.82) is 0 Å². The van der Waals surface area contributed by atoms with Crippen molar-refractivity contribution < 1.29 is 14.0 Å². The van der Waals surface area contributed by atoms with Gasteiger partial charge in [-0.05, 0) is 61.9 Å². The topological polar surface area (TPSA) is 114 Å². The number of hydrogen-bond acceptors (Lipinski definition) is 5. The van der Waals surface area contributed by atoms with Gasteiger partial charge in [0.2, 0.25) is 5.78 Å². The van der Waals surface area contributed by atoms with Gasteiger partial charge in [0.05, 0.1) is 5.69 Å². The Morgan fingerprint density at radius 2 is 1.65 bits per heavy atom. The number of nitrogen functional groups attached to an aromatic ring is 1. The first-order chi connectivity index (χ1) is 17.8. The van der Waals surface area contributed by atoms with E-state index in [9.17, 15) is 14.0 Å². The van der Waals surface area contributed by atoms with Crippen molar-refractivity contribution in [3.63, 3.8) is 0 Å². The summed E-state index contributed by atoms with van der Waals surface area (Å²) in [6.45, 7) is 2.75. The lowest BCUT2D eigenvalue weighted by Gasteiger charge is -2.11. The number of hydrogen-bond donors (Lipinski definition) is 4. The summed E-state index contributed by atoms with van der Waals surface area (Å²) in [5, 5.41) is 13.7. The Labute approximate surface area is 218 Å². The summed E-state index contributed by atoms with van der Waals surface area (Å²) < 4.78 is 14.6. The van der Waals surface area contributed by atoms with Crippen LogP contribution in [-0.4, -0.2) is 34.7 Å². The van der Waals surface area contributed by atoms with Crippen molar-refractivity contribution in [3.05, 3.63) is 100 Å². The Morgan fingerprint density at radius 3 is 2.32 bits per heavy atom. The lowest BCUT2D eigenvalue weighted by atomic mass is 10.1. The van der Waals surface area contributed by atoms with E-state index in [4.69, 9.17) is 17.3 Å². The number of aryl methyl sites for hydroxylation is 1. The Balaban J connectivity index is 1.44.